The molecule has 1 N–H and O–H groups in total. The van der Waals surface area contributed by atoms with Gasteiger partial charge in [0.25, 0.3) is 0 Å². The van der Waals surface area contributed by atoms with Crippen LogP contribution in [-0.2, 0) is 4.74 Å². The van der Waals surface area contributed by atoms with Gasteiger partial charge in [-0.05, 0) is 37.6 Å². The minimum absolute atomic E-state index is 0.142. The molecule has 0 radical (unpaired) electrons. The van der Waals surface area contributed by atoms with E-state index in [1.165, 1.54) is 19.2 Å². The number of phenols is 1. The maximum Gasteiger partial charge on any atom is 0.337 e. The molecule has 0 spiro atoms. The van der Waals surface area contributed by atoms with Gasteiger partial charge >= 0.3 is 5.97 Å². The van der Waals surface area contributed by atoms with E-state index in [9.17, 15) is 9.90 Å². The predicted octanol–water partition coefficient (Wildman–Crippen LogP) is 3.16. The molecule has 0 atom stereocenters. The van der Waals surface area contributed by atoms with Crippen molar-refractivity contribution < 1.29 is 14.6 Å². The molecule has 0 heterocycles. The molecule has 1 rings (SSSR count). The maximum atomic E-state index is 11.4. The summed E-state index contributed by atoms with van der Waals surface area (Å²) >= 11 is 0. The Morgan fingerprint density at radius 3 is 2.59 bits per heavy atom. The van der Waals surface area contributed by atoms with Gasteiger partial charge in [0.05, 0.1) is 12.7 Å². The fraction of sp³-hybridized carbons (Fsp3) is 0.214. The van der Waals surface area contributed by atoms with Crippen molar-refractivity contribution in [3.63, 3.8) is 0 Å². The van der Waals surface area contributed by atoms with Gasteiger partial charge in [-0.15, -0.1) is 0 Å². The van der Waals surface area contributed by atoms with Gasteiger partial charge in [-0.25, -0.2) is 4.79 Å². The van der Waals surface area contributed by atoms with Crippen molar-refractivity contribution >= 4 is 11.5 Å². The lowest BCUT2D eigenvalue weighted by molar-refractivity contribution is 0.0600. The summed E-state index contributed by atoms with van der Waals surface area (Å²) in [5.41, 5.74) is 1.90. The second-order valence-electron chi connectivity index (χ2n) is 3.47. The molecule has 0 saturated heterocycles. The number of rotatable bonds is 3. The van der Waals surface area contributed by atoms with Crippen LogP contribution in [0, 0.1) is 0 Å². The number of carbonyl (C=O) groups excluding carboxylic acids is 1. The molecule has 1 aromatic rings. The lowest BCUT2D eigenvalue weighted by atomic mass is 10.0. The Kier molecular flexibility index (Phi) is 4.52. The quantitative estimate of drug-likeness (QED) is 0.643. The van der Waals surface area contributed by atoms with E-state index >= 15 is 0 Å². The highest BCUT2D eigenvalue weighted by Gasteiger charge is 2.10. The maximum absolute atomic E-state index is 11.4. The van der Waals surface area contributed by atoms with Crippen molar-refractivity contribution in [2.24, 2.45) is 0 Å². The van der Waals surface area contributed by atoms with Crippen LogP contribution in [0.4, 0.5) is 0 Å². The molecule has 17 heavy (non-hydrogen) atoms. The van der Waals surface area contributed by atoms with Crippen LogP contribution in [0.2, 0.25) is 0 Å². The van der Waals surface area contributed by atoms with E-state index in [4.69, 9.17) is 0 Å². The number of esters is 1. The normalized spacial score (nSPS) is 11.8. The Morgan fingerprint density at radius 1 is 1.35 bits per heavy atom. The smallest absolute Gasteiger partial charge is 0.337 e. The zero-order valence-electron chi connectivity index (χ0n) is 10.2. The Balaban J connectivity index is 3.27. The van der Waals surface area contributed by atoms with Crippen LogP contribution in [0.1, 0.15) is 29.8 Å². The molecule has 0 fully saturated rings. The summed E-state index contributed by atoms with van der Waals surface area (Å²) < 4.78 is 4.65. The topological polar surface area (TPSA) is 46.5 Å². The Labute approximate surface area is 101 Å². The van der Waals surface area contributed by atoms with E-state index in [2.05, 4.69) is 4.74 Å². The van der Waals surface area contributed by atoms with Crippen LogP contribution >= 0.6 is 0 Å². The average molecular weight is 232 g/mol. The van der Waals surface area contributed by atoms with Crippen LogP contribution < -0.4 is 0 Å². The van der Waals surface area contributed by atoms with Gasteiger partial charge in [0.1, 0.15) is 5.75 Å². The van der Waals surface area contributed by atoms with E-state index in [0.717, 1.165) is 5.57 Å². The Morgan fingerprint density at radius 2 is 2.06 bits per heavy atom. The molecule has 0 aliphatic rings. The summed E-state index contributed by atoms with van der Waals surface area (Å²) in [4.78, 5) is 11.4. The monoisotopic (exact) mass is 232 g/mol. The molecule has 0 aromatic heterocycles. The van der Waals surface area contributed by atoms with Crippen molar-refractivity contribution in [2.75, 3.05) is 7.11 Å². The number of benzene rings is 1. The summed E-state index contributed by atoms with van der Waals surface area (Å²) in [5.74, 6) is -0.272. The lowest BCUT2D eigenvalue weighted by Gasteiger charge is -2.07. The zero-order valence-corrected chi connectivity index (χ0v) is 10.2. The van der Waals surface area contributed by atoms with E-state index < -0.39 is 5.97 Å². The van der Waals surface area contributed by atoms with Crippen molar-refractivity contribution in [1.82, 2.24) is 0 Å². The fourth-order valence-corrected chi connectivity index (χ4v) is 1.53. The fourth-order valence-electron chi connectivity index (χ4n) is 1.53. The number of hydrogen-bond donors (Lipinski definition) is 1. The van der Waals surface area contributed by atoms with Gasteiger partial charge in [0.15, 0.2) is 0 Å². The van der Waals surface area contributed by atoms with Crippen LogP contribution in [0.15, 0.2) is 36.4 Å². The molecule has 3 heteroatoms. The Bertz CT molecular complexity index is 470. The minimum atomic E-state index is -0.415. The first-order valence-corrected chi connectivity index (χ1v) is 5.34. The number of allylic oxidation sites excluding steroid dienone is 4. The van der Waals surface area contributed by atoms with Crippen molar-refractivity contribution in [3.8, 4) is 5.75 Å². The largest absolute Gasteiger partial charge is 0.507 e. The van der Waals surface area contributed by atoms with Crippen molar-refractivity contribution in [3.05, 3.63) is 47.6 Å². The summed E-state index contributed by atoms with van der Waals surface area (Å²) in [6, 6.07) is 4.65. The van der Waals surface area contributed by atoms with Crippen LogP contribution in [-0.4, -0.2) is 18.2 Å². The first-order chi connectivity index (χ1) is 8.13. The zero-order chi connectivity index (χ0) is 12.8. The van der Waals surface area contributed by atoms with Crippen molar-refractivity contribution in [1.29, 1.82) is 0 Å². The van der Waals surface area contributed by atoms with Gasteiger partial charge in [-0.2, -0.15) is 0 Å². The third kappa shape index (κ3) is 2.97. The van der Waals surface area contributed by atoms with E-state index in [1.54, 1.807) is 6.07 Å². The second-order valence-corrected chi connectivity index (χ2v) is 3.47. The van der Waals surface area contributed by atoms with Gasteiger partial charge in [0.2, 0.25) is 0 Å². The molecule has 90 valence electrons. The molecular weight excluding hydrogens is 216 g/mol. The molecule has 0 unspecified atom stereocenters. The van der Waals surface area contributed by atoms with Crippen LogP contribution in [0.3, 0.4) is 0 Å². The van der Waals surface area contributed by atoms with Gasteiger partial charge in [-0.1, -0.05) is 18.2 Å². The number of methoxy groups -OCH3 is 1. The summed E-state index contributed by atoms with van der Waals surface area (Å²) in [6.07, 6.45) is 5.62. The van der Waals surface area contributed by atoms with Crippen molar-refractivity contribution in [2.45, 2.75) is 13.8 Å². The summed E-state index contributed by atoms with van der Waals surface area (Å²) in [7, 11) is 1.33. The molecular formula is C14H16O3. The summed E-state index contributed by atoms with van der Waals surface area (Å²) in [5, 5.41) is 9.79. The van der Waals surface area contributed by atoms with E-state index in [0.29, 0.717) is 11.1 Å². The molecule has 0 saturated carbocycles. The molecule has 1 aromatic carbocycles. The number of phenolic OH excluding ortho intramolecular Hbond substituents is 1. The van der Waals surface area contributed by atoms with E-state index in [-0.39, 0.29) is 5.75 Å². The van der Waals surface area contributed by atoms with Crippen LogP contribution in [0.5, 0.6) is 5.75 Å². The first kappa shape index (κ1) is 13.0. The highest BCUT2D eigenvalue weighted by Crippen LogP contribution is 2.27. The number of carbonyl (C=O) groups is 1. The average Bonchev–Trinajstić information content (AvgIpc) is 2.36. The lowest BCUT2D eigenvalue weighted by Crippen LogP contribution is -2.01. The van der Waals surface area contributed by atoms with Gasteiger partial charge in [0, 0.05) is 5.56 Å². The SMILES string of the molecule is CC=CC(=CC)c1cc(C(=O)OC)ccc1O. The number of hydrogen-bond acceptors (Lipinski definition) is 3. The Hall–Kier alpha value is -2.03. The first-order valence-electron chi connectivity index (χ1n) is 5.34. The molecule has 3 nitrogen and oxygen atoms in total. The van der Waals surface area contributed by atoms with Gasteiger partial charge < -0.3 is 9.84 Å². The molecule has 0 bridgehead atoms. The van der Waals surface area contributed by atoms with E-state index in [1.807, 2.05) is 32.1 Å². The third-order valence-electron chi connectivity index (χ3n) is 2.39. The highest BCUT2D eigenvalue weighted by molar-refractivity contribution is 5.91. The number of ether oxygens (including phenoxy) is 1. The summed E-state index contributed by atoms with van der Waals surface area (Å²) in [6.45, 7) is 3.77. The van der Waals surface area contributed by atoms with Gasteiger partial charge in [-0.3, -0.25) is 0 Å². The molecule has 0 aliphatic heterocycles. The number of aromatic hydroxyl groups is 1. The standard InChI is InChI=1S/C14H16O3/c1-4-6-10(5-2)12-9-11(14(16)17-3)7-8-13(12)15/h4-9,15H,1-3H3. The van der Waals surface area contributed by atoms with Crippen LogP contribution in [0.25, 0.3) is 5.57 Å². The predicted molar refractivity (Wildman–Crippen MR) is 67.9 cm³/mol. The third-order valence-corrected chi connectivity index (χ3v) is 2.39. The minimum Gasteiger partial charge on any atom is -0.507 e. The highest BCUT2D eigenvalue weighted by atomic mass is 16.5. The molecule has 0 aliphatic carbocycles. The molecule has 0 amide bonds. The second kappa shape index (κ2) is 5.89.